The summed E-state index contributed by atoms with van der Waals surface area (Å²) in [5.41, 5.74) is 0.975. The minimum absolute atomic E-state index is 0.269. The molecule has 1 spiro atoms. The normalized spacial score (nSPS) is 21.8. The molecule has 0 N–H and O–H groups in total. The third-order valence-corrected chi connectivity index (χ3v) is 4.32. The Labute approximate surface area is 127 Å². The largest absolute Gasteiger partial charge is 0.497 e. The minimum atomic E-state index is -1.40. The van der Waals surface area contributed by atoms with Crippen LogP contribution in [0.1, 0.15) is 21.5 Å². The van der Waals surface area contributed by atoms with Crippen LogP contribution in [-0.4, -0.2) is 26.0 Å². The summed E-state index contributed by atoms with van der Waals surface area (Å²) < 4.78 is 10.9. The van der Waals surface area contributed by atoms with Gasteiger partial charge in [-0.3, -0.25) is 4.79 Å². The Morgan fingerprint density at radius 3 is 2.64 bits per heavy atom. The average Bonchev–Trinajstić information content (AvgIpc) is 2.97. The third kappa shape index (κ3) is 1.33. The van der Waals surface area contributed by atoms with Crippen molar-refractivity contribution < 1.29 is 19.1 Å². The summed E-state index contributed by atoms with van der Waals surface area (Å²) >= 11 is 0. The summed E-state index contributed by atoms with van der Waals surface area (Å²) in [5.74, 6) is -0.135. The molecule has 4 rings (SSSR count). The van der Waals surface area contributed by atoms with Crippen molar-refractivity contribution in [3.63, 3.8) is 0 Å². The zero-order valence-electron chi connectivity index (χ0n) is 12.1. The molecule has 2 aliphatic heterocycles. The van der Waals surface area contributed by atoms with Crippen molar-refractivity contribution in [3.8, 4) is 5.75 Å². The van der Waals surface area contributed by atoms with E-state index in [0.717, 1.165) is 5.69 Å². The van der Waals surface area contributed by atoms with Crippen LogP contribution in [0.4, 0.5) is 5.69 Å². The van der Waals surface area contributed by atoms with Crippen LogP contribution in [0.15, 0.2) is 42.5 Å². The van der Waals surface area contributed by atoms with Gasteiger partial charge in [0.2, 0.25) is 5.60 Å². The molecular formula is C17H13NO4. The van der Waals surface area contributed by atoms with Crippen molar-refractivity contribution in [2.45, 2.75) is 5.60 Å². The lowest BCUT2D eigenvalue weighted by Gasteiger charge is -2.22. The summed E-state index contributed by atoms with van der Waals surface area (Å²) in [6.07, 6.45) is 0. The number of hydrogen-bond donors (Lipinski definition) is 0. The summed E-state index contributed by atoms with van der Waals surface area (Å²) in [6, 6.07) is 12.3. The maximum atomic E-state index is 12.9. The van der Waals surface area contributed by atoms with Crippen LogP contribution in [0, 0.1) is 0 Å². The number of ether oxygens (including phenoxy) is 2. The second kappa shape index (κ2) is 4.10. The first-order chi connectivity index (χ1) is 10.6. The number of fused-ring (bicyclic) bond motifs is 4. The van der Waals surface area contributed by atoms with Crippen LogP contribution in [0.25, 0.3) is 0 Å². The molecule has 0 fully saturated rings. The molecule has 2 heterocycles. The smallest absolute Gasteiger partial charge is 0.340 e. The predicted octanol–water partition coefficient (Wildman–Crippen LogP) is 2.09. The minimum Gasteiger partial charge on any atom is -0.497 e. The Kier molecular flexibility index (Phi) is 2.40. The highest BCUT2D eigenvalue weighted by atomic mass is 16.6. The van der Waals surface area contributed by atoms with Crippen molar-refractivity contribution in [2.24, 2.45) is 0 Å². The molecule has 0 radical (unpaired) electrons. The monoisotopic (exact) mass is 295 g/mol. The quantitative estimate of drug-likeness (QED) is 0.756. The standard InChI is InChI=1S/C17H13NO4/c1-18-14-8-7-10(21-2)9-13(14)17(16(18)20)12-6-4-3-5-11(12)15(19)22-17/h3-9H,1-2H3. The van der Waals surface area contributed by atoms with E-state index in [9.17, 15) is 9.59 Å². The van der Waals surface area contributed by atoms with Gasteiger partial charge in [0.15, 0.2) is 0 Å². The number of esters is 1. The van der Waals surface area contributed by atoms with Crippen LogP contribution in [0.2, 0.25) is 0 Å². The Morgan fingerprint density at radius 1 is 1.09 bits per heavy atom. The van der Waals surface area contributed by atoms with Crippen LogP contribution in [-0.2, 0) is 15.1 Å². The van der Waals surface area contributed by atoms with E-state index in [1.54, 1.807) is 56.6 Å². The molecule has 110 valence electrons. The lowest BCUT2D eigenvalue weighted by Crippen LogP contribution is -2.39. The lowest BCUT2D eigenvalue weighted by atomic mass is 9.86. The number of amides is 1. The van der Waals surface area contributed by atoms with Gasteiger partial charge in [0, 0.05) is 18.2 Å². The van der Waals surface area contributed by atoms with E-state index in [2.05, 4.69) is 0 Å². The number of carbonyl (C=O) groups is 2. The molecule has 1 amide bonds. The second-order valence-corrected chi connectivity index (χ2v) is 5.36. The van der Waals surface area contributed by atoms with Crippen molar-refractivity contribution >= 4 is 17.6 Å². The maximum absolute atomic E-state index is 12.9. The Morgan fingerprint density at radius 2 is 1.86 bits per heavy atom. The maximum Gasteiger partial charge on any atom is 0.340 e. The molecule has 0 saturated carbocycles. The molecule has 0 aromatic heterocycles. The fourth-order valence-corrected chi connectivity index (χ4v) is 3.25. The van der Waals surface area contributed by atoms with Gasteiger partial charge < -0.3 is 14.4 Å². The van der Waals surface area contributed by atoms with Gasteiger partial charge in [-0.05, 0) is 24.3 Å². The number of carbonyl (C=O) groups excluding carboxylic acids is 2. The lowest BCUT2D eigenvalue weighted by molar-refractivity contribution is -0.131. The molecule has 0 bridgehead atoms. The molecule has 2 aliphatic rings. The fraction of sp³-hybridized carbons (Fsp3) is 0.176. The van der Waals surface area contributed by atoms with Crippen molar-refractivity contribution in [2.75, 3.05) is 19.1 Å². The number of methoxy groups -OCH3 is 1. The van der Waals surface area contributed by atoms with Crippen molar-refractivity contribution in [3.05, 3.63) is 59.2 Å². The Bertz CT molecular complexity index is 829. The fourth-order valence-electron chi connectivity index (χ4n) is 3.25. The summed E-state index contributed by atoms with van der Waals surface area (Å²) in [6.45, 7) is 0. The number of likely N-dealkylation sites (N-methyl/N-ethyl adjacent to an activating group) is 1. The van der Waals surface area contributed by atoms with Gasteiger partial charge in [-0.1, -0.05) is 18.2 Å². The van der Waals surface area contributed by atoms with Gasteiger partial charge in [0.05, 0.1) is 18.4 Å². The molecule has 5 nitrogen and oxygen atoms in total. The number of anilines is 1. The van der Waals surface area contributed by atoms with E-state index < -0.39 is 11.6 Å². The van der Waals surface area contributed by atoms with Crippen molar-refractivity contribution in [1.82, 2.24) is 0 Å². The highest BCUT2D eigenvalue weighted by molar-refractivity contribution is 6.14. The third-order valence-electron chi connectivity index (χ3n) is 4.32. The first-order valence-electron chi connectivity index (χ1n) is 6.89. The Balaban J connectivity index is 2.06. The van der Waals surface area contributed by atoms with Gasteiger partial charge in [0.1, 0.15) is 5.75 Å². The molecule has 2 aromatic rings. The number of benzene rings is 2. The first kappa shape index (κ1) is 12.9. The highest BCUT2D eigenvalue weighted by Crippen LogP contribution is 2.51. The van der Waals surface area contributed by atoms with E-state index in [1.165, 1.54) is 4.90 Å². The molecule has 1 atom stereocenters. The van der Waals surface area contributed by atoms with Crippen LogP contribution >= 0.6 is 0 Å². The molecule has 1 unspecified atom stereocenters. The van der Waals surface area contributed by atoms with Crippen molar-refractivity contribution in [1.29, 1.82) is 0 Å². The van der Waals surface area contributed by atoms with Gasteiger partial charge in [-0.15, -0.1) is 0 Å². The van der Waals surface area contributed by atoms with Gasteiger partial charge in [-0.25, -0.2) is 4.79 Å². The number of hydrogen-bond acceptors (Lipinski definition) is 4. The van der Waals surface area contributed by atoms with Gasteiger partial charge >= 0.3 is 5.97 Å². The van der Waals surface area contributed by atoms with Crippen LogP contribution in [0.5, 0.6) is 5.75 Å². The first-order valence-corrected chi connectivity index (χ1v) is 6.89. The zero-order valence-corrected chi connectivity index (χ0v) is 12.1. The zero-order chi connectivity index (χ0) is 15.5. The van der Waals surface area contributed by atoms with Crippen LogP contribution in [0.3, 0.4) is 0 Å². The van der Waals surface area contributed by atoms with Gasteiger partial charge in [-0.2, -0.15) is 0 Å². The molecule has 0 saturated heterocycles. The average molecular weight is 295 g/mol. The van der Waals surface area contributed by atoms with E-state index in [-0.39, 0.29) is 5.91 Å². The van der Waals surface area contributed by atoms with E-state index in [0.29, 0.717) is 22.4 Å². The summed E-state index contributed by atoms with van der Waals surface area (Å²) in [7, 11) is 3.24. The van der Waals surface area contributed by atoms with E-state index in [1.807, 2.05) is 0 Å². The molecule has 2 aromatic carbocycles. The SMILES string of the molecule is COc1ccc2c(c1)C1(OC(=O)c3ccccc31)C(=O)N2C. The summed E-state index contributed by atoms with van der Waals surface area (Å²) in [4.78, 5) is 26.6. The number of nitrogens with zero attached hydrogens (tertiary/aromatic N) is 1. The predicted molar refractivity (Wildman–Crippen MR) is 79.0 cm³/mol. The Hall–Kier alpha value is -2.82. The topological polar surface area (TPSA) is 55.8 Å². The molecule has 22 heavy (non-hydrogen) atoms. The van der Waals surface area contributed by atoms with E-state index >= 15 is 0 Å². The van der Waals surface area contributed by atoms with Gasteiger partial charge in [0.25, 0.3) is 5.91 Å². The second-order valence-electron chi connectivity index (χ2n) is 5.36. The summed E-state index contributed by atoms with van der Waals surface area (Å²) in [5, 5.41) is 0. The van der Waals surface area contributed by atoms with E-state index in [4.69, 9.17) is 9.47 Å². The molecule has 5 heteroatoms. The molecular weight excluding hydrogens is 282 g/mol. The molecule has 0 aliphatic carbocycles. The number of rotatable bonds is 1. The highest BCUT2D eigenvalue weighted by Gasteiger charge is 2.59. The van der Waals surface area contributed by atoms with Crippen LogP contribution < -0.4 is 9.64 Å².